The summed E-state index contributed by atoms with van der Waals surface area (Å²) >= 11 is 0. The van der Waals surface area contributed by atoms with E-state index in [1.165, 1.54) is 45.3 Å². The standard InChI is InChI=1S/C9H18N2.2ClH/c1-11-7-6-10-8-9(11)4-2-3-5-9;;/h10H,2-8H2,1H3;2*1H. The van der Waals surface area contributed by atoms with Crippen molar-refractivity contribution in [3.8, 4) is 0 Å². The first-order valence-corrected chi connectivity index (χ1v) is 4.75. The average Bonchev–Trinajstić information content (AvgIpc) is 2.46. The van der Waals surface area contributed by atoms with Gasteiger partial charge in [-0.2, -0.15) is 0 Å². The fraction of sp³-hybridized carbons (Fsp3) is 1.00. The third-order valence-electron chi connectivity index (χ3n) is 3.42. The van der Waals surface area contributed by atoms with E-state index in [0.29, 0.717) is 5.54 Å². The molecule has 0 aromatic rings. The molecule has 1 aliphatic heterocycles. The summed E-state index contributed by atoms with van der Waals surface area (Å²) in [6.07, 6.45) is 5.70. The normalized spacial score (nSPS) is 26.5. The largest absolute Gasteiger partial charge is 0.314 e. The second-order valence-corrected chi connectivity index (χ2v) is 4.03. The molecule has 80 valence electrons. The van der Waals surface area contributed by atoms with Crippen LogP contribution in [0.25, 0.3) is 0 Å². The van der Waals surface area contributed by atoms with Gasteiger partial charge in [0, 0.05) is 25.2 Å². The molecule has 2 rings (SSSR count). The van der Waals surface area contributed by atoms with E-state index in [0.717, 1.165) is 0 Å². The Morgan fingerprint density at radius 1 is 1.15 bits per heavy atom. The van der Waals surface area contributed by atoms with Gasteiger partial charge < -0.3 is 5.32 Å². The summed E-state index contributed by atoms with van der Waals surface area (Å²) in [5.74, 6) is 0. The molecule has 0 atom stereocenters. The van der Waals surface area contributed by atoms with E-state index >= 15 is 0 Å². The summed E-state index contributed by atoms with van der Waals surface area (Å²) < 4.78 is 0. The lowest BCUT2D eigenvalue weighted by molar-refractivity contribution is 0.0938. The van der Waals surface area contributed by atoms with Gasteiger partial charge in [-0.25, -0.2) is 0 Å². The molecule has 1 N–H and O–H groups in total. The van der Waals surface area contributed by atoms with E-state index < -0.39 is 0 Å². The Bertz CT molecular complexity index is 147. The molecule has 1 heterocycles. The third kappa shape index (κ3) is 2.50. The van der Waals surface area contributed by atoms with Gasteiger partial charge in [-0.05, 0) is 19.9 Å². The Kier molecular flexibility index (Phi) is 5.61. The minimum absolute atomic E-state index is 0. The second kappa shape index (κ2) is 5.40. The number of hydrogen-bond acceptors (Lipinski definition) is 2. The monoisotopic (exact) mass is 226 g/mol. The maximum atomic E-state index is 3.51. The van der Waals surface area contributed by atoms with Crippen LogP contribution in [0, 0.1) is 0 Å². The molecule has 2 aliphatic rings. The lowest BCUT2D eigenvalue weighted by Gasteiger charge is -2.43. The van der Waals surface area contributed by atoms with E-state index in [-0.39, 0.29) is 24.8 Å². The van der Waals surface area contributed by atoms with Gasteiger partial charge in [-0.3, -0.25) is 4.90 Å². The number of rotatable bonds is 0. The minimum Gasteiger partial charge on any atom is -0.314 e. The quantitative estimate of drug-likeness (QED) is 0.677. The van der Waals surface area contributed by atoms with Crippen LogP contribution < -0.4 is 5.32 Å². The maximum Gasteiger partial charge on any atom is 0.0331 e. The van der Waals surface area contributed by atoms with Gasteiger partial charge in [0.05, 0.1) is 0 Å². The lowest BCUT2D eigenvalue weighted by Crippen LogP contribution is -2.58. The number of piperazine rings is 1. The Labute approximate surface area is 93.3 Å². The van der Waals surface area contributed by atoms with Crippen LogP contribution in [0.2, 0.25) is 0 Å². The van der Waals surface area contributed by atoms with Crippen LogP contribution in [0.15, 0.2) is 0 Å². The smallest absolute Gasteiger partial charge is 0.0331 e. The van der Waals surface area contributed by atoms with Gasteiger partial charge in [0.15, 0.2) is 0 Å². The maximum absolute atomic E-state index is 3.51. The lowest BCUT2D eigenvalue weighted by atomic mass is 9.94. The molecule has 0 bridgehead atoms. The van der Waals surface area contributed by atoms with E-state index in [4.69, 9.17) is 0 Å². The van der Waals surface area contributed by atoms with E-state index in [2.05, 4.69) is 17.3 Å². The van der Waals surface area contributed by atoms with Crippen molar-refractivity contribution in [1.29, 1.82) is 0 Å². The van der Waals surface area contributed by atoms with E-state index in [1.807, 2.05) is 0 Å². The molecule has 2 fully saturated rings. The summed E-state index contributed by atoms with van der Waals surface area (Å²) in [5, 5.41) is 3.51. The first-order valence-electron chi connectivity index (χ1n) is 4.75. The molecule has 0 amide bonds. The van der Waals surface area contributed by atoms with Crippen LogP contribution in [-0.2, 0) is 0 Å². The predicted octanol–water partition coefficient (Wildman–Crippen LogP) is 1.68. The van der Waals surface area contributed by atoms with Crippen molar-refractivity contribution in [2.24, 2.45) is 0 Å². The van der Waals surface area contributed by atoms with Crippen molar-refractivity contribution in [2.45, 2.75) is 31.2 Å². The molecule has 2 nitrogen and oxygen atoms in total. The summed E-state index contributed by atoms with van der Waals surface area (Å²) in [5.41, 5.74) is 0.554. The Hall–Kier alpha value is 0.500. The highest BCUT2D eigenvalue weighted by Crippen LogP contribution is 2.34. The van der Waals surface area contributed by atoms with Gasteiger partial charge in [0.2, 0.25) is 0 Å². The van der Waals surface area contributed by atoms with Crippen LogP contribution in [0.4, 0.5) is 0 Å². The van der Waals surface area contributed by atoms with Crippen LogP contribution in [0.1, 0.15) is 25.7 Å². The van der Waals surface area contributed by atoms with Crippen molar-refractivity contribution in [1.82, 2.24) is 10.2 Å². The van der Waals surface area contributed by atoms with Gasteiger partial charge in [0.25, 0.3) is 0 Å². The first kappa shape index (κ1) is 13.5. The SMILES string of the molecule is CN1CCNCC12CCCC2.Cl.Cl. The van der Waals surface area contributed by atoms with Crippen LogP contribution in [0.5, 0.6) is 0 Å². The van der Waals surface area contributed by atoms with Crippen LogP contribution >= 0.6 is 24.8 Å². The molecule has 1 saturated carbocycles. The summed E-state index contributed by atoms with van der Waals surface area (Å²) in [7, 11) is 2.28. The Morgan fingerprint density at radius 2 is 1.77 bits per heavy atom. The van der Waals surface area contributed by atoms with Gasteiger partial charge >= 0.3 is 0 Å². The van der Waals surface area contributed by atoms with E-state index in [1.54, 1.807) is 0 Å². The van der Waals surface area contributed by atoms with Crippen molar-refractivity contribution >= 4 is 24.8 Å². The molecule has 0 aromatic carbocycles. The summed E-state index contributed by atoms with van der Waals surface area (Å²) in [6.45, 7) is 3.64. The molecule has 1 spiro atoms. The third-order valence-corrected chi connectivity index (χ3v) is 3.42. The minimum atomic E-state index is 0. The van der Waals surface area contributed by atoms with Crippen LogP contribution in [0.3, 0.4) is 0 Å². The zero-order chi connectivity index (χ0) is 7.73. The number of hydrogen-bond donors (Lipinski definition) is 1. The Balaban J connectivity index is 0.000000720. The van der Waals surface area contributed by atoms with E-state index in [9.17, 15) is 0 Å². The molecular formula is C9H20Cl2N2. The van der Waals surface area contributed by atoms with Crippen molar-refractivity contribution in [2.75, 3.05) is 26.7 Å². The molecule has 0 aromatic heterocycles. The highest BCUT2D eigenvalue weighted by Gasteiger charge is 2.38. The van der Waals surface area contributed by atoms with Crippen molar-refractivity contribution in [3.05, 3.63) is 0 Å². The number of halogens is 2. The molecule has 1 aliphatic carbocycles. The predicted molar refractivity (Wildman–Crippen MR) is 61.2 cm³/mol. The fourth-order valence-corrected chi connectivity index (χ4v) is 2.53. The molecule has 0 unspecified atom stereocenters. The van der Waals surface area contributed by atoms with Crippen molar-refractivity contribution in [3.63, 3.8) is 0 Å². The zero-order valence-electron chi connectivity index (χ0n) is 8.21. The highest BCUT2D eigenvalue weighted by molar-refractivity contribution is 5.85. The number of nitrogens with zero attached hydrogens (tertiary/aromatic N) is 1. The van der Waals surface area contributed by atoms with Crippen LogP contribution in [-0.4, -0.2) is 37.1 Å². The Morgan fingerprint density at radius 3 is 2.31 bits per heavy atom. The van der Waals surface area contributed by atoms with Crippen molar-refractivity contribution < 1.29 is 0 Å². The second-order valence-electron chi connectivity index (χ2n) is 4.03. The molecule has 0 radical (unpaired) electrons. The van der Waals surface area contributed by atoms with Gasteiger partial charge in [0.1, 0.15) is 0 Å². The van der Waals surface area contributed by atoms with Gasteiger partial charge in [-0.1, -0.05) is 12.8 Å². The number of likely N-dealkylation sites (N-methyl/N-ethyl adjacent to an activating group) is 1. The molecule has 13 heavy (non-hydrogen) atoms. The highest BCUT2D eigenvalue weighted by atomic mass is 35.5. The fourth-order valence-electron chi connectivity index (χ4n) is 2.53. The summed E-state index contributed by atoms with van der Waals surface area (Å²) in [6, 6.07) is 0. The van der Waals surface area contributed by atoms with Gasteiger partial charge in [-0.15, -0.1) is 24.8 Å². The molecular weight excluding hydrogens is 207 g/mol. The topological polar surface area (TPSA) is 15.3 Å². The molecule has 4 heteroatoms. The average molecular weight is 227 g/mol. The summed E-state index contributed by atoms with van der Waals surface area (Å²) in [4.78, 5) is 2.57. The first-order chi connectivity index (χ1) is 5.33. The zero-order valence-corrected chi connectivity index (χ0v) is 9.85. The number of nitrogens with one attached hydrogen (secondary N) is 1. The molecule has 1 saturated heterocycles.